The molecule has 1 aromatic heterocycles. The van der Waals surface area contributed by atoms with Gasteiger partial charge in [-0.1, -0.05) is 23.1 Å². The first-order valence-corrected chi connectivity index (χ1v) is 7.50. The third-order valence-corrected chi connectivity index (χ3v) is 4.68. The molecule has 0 aliphatic heterocycles. The number of rotatable bonds is 4. The van der Waals surface area contributed by atoms with Crippen LogP contribution in [0.5, 0.6) is 0 Å². The zero-order valence-corrected chi connectivity index (χ0v) is 11.6. The topological polar surface area (TPSA) is 80.9 Å². The second-order valence-corrected chi connectivity index (χ2v) is 6.60. The number of amides is 1. The van der Waals surface area contributed by atoms with Crippen molar-refractivity contribution in [3.63, 3.8) is 0 Å². The van der Waals surface area contributed by atoms with Gasteiger partial charge < -0.3 is 11.1 Å². The molecule has 1 heterocycles. The van der Waals surface area contributed by atoms with Crippen molar-refractivity contribution in [1.29, 1.82) is 0 Å². The quantitative estimate of drug-likeness (QED) is 0.902. The average Bonchev–Trinajstić information content (AvgIpc) is 2.96. The molecule has 2 aromatic rings. The van der Waals surface area contributed by atoms with Crippen LogP contribution in [0.2, 0.25) is 0 Å². The molecule has 1 fully saturated rings. The summed E-state index contributed by atoms with van der Waals surface area (Å²) in [6.45, 7) is 0. The zero-order chi connectivity index (χ0) is 13.3. The highest BCUT2D eigenvalue weighted by Crippen LogP contribution is 2.34. The van der Waals surface area contributed by atoms with Gasteiger partial charge in [-0.05, 0) is 37.1 Å². The predicted molar refractivity (Wildman–Crippen MR) is 75.3 cm³/mol. The molecule has 98 valence electrons. The van der Waals surface area contributed by atoms with Gasteiger partial charge in [-0.15, -0.1) is 10.2 Å². The Morgan fingerprint density at radius 2 is 2.11 bits per heavy atom. The van der Waals surface area contributed by atoms with Crippen molar-refractivity contribution in [2.45, 2.75) is 27.6 Å². The molecule has 3 N–H and O–H groups in total. The molecule has 0 bridgehead atoms. The van der Waals surface area contributed by atoms with Gasteiger partial charge in [-0.3, -0.25) is 4.79 Å². The molecule has 1 amide bonds. The lowest BCUT2D eigenvalue weighted by Gasteiger charge is -2.10. The number of hydrogen-bond acceptors (Lipinski definition) is 6. The standard InChI is InChI=1S/C12H12N4OS2/c13-12(5-6-12)10(17)15-8-1-3-9(4-2-8)19-11-16-14-7-18-11/h1-4,7H,5-6,13H2,(H,15,17). The Labute approximate surface area is 118 Å². The second kappa shape index (κ2) is 4.92. The monoisotopic (exact) mass is 292 g/mol. The predicted octanol–water partition coefficient (Wildman–Crippen LogP) is 2.12. The van der Waals surface area contributed by atoms with Crippen LogP contribution in [0.1, 0.15) is 12.8 Å². The van der Waals surface area contributed by atoms with E-state index in [1.165, 1.54) is 11.3 Å². The highest BCUT2D eigenvalue weighted by molar-refractivity contribution is 8.01. The smallest absolute Gasteiger partial charge is 0.244 e. The Bertz CT molecular complexity index is 578. The van der Waals surface area contributed by atoms with Gasteiger partial charge in [0.05, 0.1) is 5.54 Å². The van der Waals surface area contributed by atoms with Crippen LogP contribution in [0.4, 0.5) is 5.69 Å². The molecule has 1 aromatic carbocycles. The van der Waals surface area contributed by atoms with Crippen LogP contribution < -0.4 is 11.1 Å². The van der Waals surface area contributed by atoms with E-state index in [0.717, 1.165) is 27.8 Å². The number of nitrogens with one attached hydrogen (secondary N) is 1. The highest BCUT2D eigenvalue weighted by Gasteiger charge is 2.45. The van der Waals surface area contributed by atoms with E-state index < -0.39 is 5.54 Å². The molecule has 0 spiro atoms. The summed E-state index contributed by atoms with van der Waals surface area (Å²) in [5.74, 6) is -0.1000. The molecule has 1 aliphatic rings. The fourth-order valence-electron chi connectivity index (χ4n) is 1.53. The third-order valence-electron chi connectivity index (χ3n) is 2.90. The van der Waals surface area contributed by atoms with Gasteiger partial charge in [0.25, 0.3) is 0 Å². The molecule has 0 unspecified atom stereocenters. The maximum absolute atomic E-state index is 11.8. The lowest BCUT2D eigenvalue weighted by Crippen LogP contribution is -2.37. The molecule has 0 radical (unpaired) electrons. The molecular weight excluding hydrogens is 280 g/mol. The van der Waals surface area contributed by atoms with Crippen molar-refractivity contribution in [2.75, 3.05) is 5.32 Å². The minimum atomic E-state index is -0.639. The molecule has 5 nitrogen and oxygen atoms in total. The first-order chi connectivity index (χ1) is 9.16. The lowest BCUT2D eigenvalue weighted by atomic mass is 10.2. The number of carbonyl (C=O) groups excluding carboxylic acids is 1. The van der Waals surface area contributed by atoms with E-state index in [4.69, 9.17) is 5.73 Å². The van der Waals surface area contributed by atoms with Gasteiger partial charge in [-0.2, -0.15) is 0 Å². The summed E-state index contributed by atoms with van der Waals surface area (Å²) < 4.78 is 0.899. The molecule has 1 saturated carbocycles. The lowest BCUT2D eigenvalue weighted by molar-refractivity contribution is -0.118. The summed E-state index contributed by atoms with van der Waals surface area (Å²) >= 11 is 3.05. The van der Waals surface area contributed by atoms with Crippen molar-refractivity contribution >= 4 is 34.7 Å². The van der Waals surface area contributed by atoms with Gasteiger partial charge in [0.2, 0.25) is 5.91 Å². The number of nitrogens with two attached hydrogens (primary N) is 1. The van der Waals surface area contributed by atoms with E-state index in [1.807, 2.05) is 24.3 Å². The van der Waals surface area contributed by atoms with Crippen LogP contribution in [0, 0.1) is 0 Å². The molecule has 0 atom stereocenters. The third kappa shape index (κ3) is 2.94. The fraction of sp³-hybridized carbons (Fsp3) is 0.250. The van der Waals surface area contributed by atoms with Crippen LogP contribution in [-0.4, -0.2) is 21.6 Å². The van der Waals surface area contributed by atoms with Gasteiger partial charge in [0.15, 0.2) is 4.34 Å². The number of hydrogen-bond donors (Lipinski definition) is 2. The summed E-state index contributed by atoms with van der Waals surface area (Å²) in [5, 5.41) is 10.6. The van der Waals surface area contributed by atoms with Gasteiger partial charge in [-0.25, -0.2) is 0 Å². The zero-order valence-electron chi connectivity index (χ0n) is 10.00. The summed E-state index contributed by atoms with van der Waals surface area (Å²) in [4.78, 5) is 12.8. The Hall–Kier alpha value is -1.44. The first kappa shape index (κ1) is 12.6. The molecular formula is C12H12N4OS2. The maximum Gasteiger partial charge on any atom is 0.244 e. The molecule has 0 saturated heterocycles. The Morgan fingerprint density at radius 3 is 2.68 bits per heavy atom. The SMILES string of the molecule is NC1(C(=O)Nc2ccc(Sc3nncs3)cc2)CC1. The Kier molecular flexibility index (Phi) is 3.26. The fourth-order valence-corrected chi connectivity index (χ4v) is 2.98. The van der Waals surface area contributed by atoms with Crippen molar-refractivity contribution in [1.82, 2.24) is 10.2 Å². The maximum atomic E-state index is 11.8. The Morgan fingerprint density at radius 1 is 1.37 bits per heavy atom. The largest absolute Gasteiger partial charge is 0.324 e. The summed E-state index contributed by atoms with van der Waals surface area (Å²) in [7, 11) is 0. The minimum absolute atomic E-state index is 0.1000. The van der Waals surface area contributed by atoms with Crippen molar-refractivity contribution < 1.29 is 4.79 Å². The molecule has 7 heteroatoms. The second-order valence-electron chi connectivity index (χ2n) is 4.44. The number of aromatic nitrogens is 2. The van der Waals surface area contributed by atoms with E-state index in [1.54, 1.807) is 17.3 Å². The number of nitrogens with zero attached hydrogens (tertiary/aromatic N) is 2. The van der Waals surface area contributed by atoms with Crippen molar-refractivity contribution in [3.8, 4) is 0 Å². The van der Waals surface area contributed by atoms with Gasteiger partial charge in [0.1, 0.15) is 5.51 Å². The molecule has 1 aliphatic carbocycles. The average molecular weight is 292 g/mol. The van der Waals surface area contributed by atoms with Gasteiger partial charge >= 0.3 is 0 Å². The van der Waals surface area contributed by atoms with Gasteiger partial charge in [0, 0.05) is 10.6 Å². The van der Waals surface area contributed by atoms with Crippen LogP contribution in [0.25, 0.3) is 0 Å². The van der Waals surface area contributed by atoms with E-state index in [9.17, 15) is 4.79 Å². The number of benzene rings is 1. The van der Waals surface area contributed by atoms with E-state index in [0.29, 0.717) is 0 Å². The van der Waals surface area contributed by atoms with Crippen molar-refractivity contribution in [2.24, 2.45) is 5.73 Å². The minimum Gasteiger partial charge on any atom is -0.324 e. The van der Waals surface area contributed by atoms with Crippen molar-refractivity contribution in [3.05, 3.63) is 29.8 Å². The van der Waals surface area contributed by atoms with Crippen LogP contribution >= 0.6 is 23.1 Å². The number of anilines is 1. The number of carbonyl (C=O) groups is 1. The van der Waals surface area contributed by atoms with E-state index in [-0.39, 0.29) is 5.91 Å². The molecule has 19 heavy (non-hydrogen) atoms. The normalized spacial score (nSPS) is 16.1. The van der Waals surface area contributed by atoms with Crippen LogP contribution in [0.15, 0.2) is 39.0 Å². The molecule has 3 rings (SSSR count). The summed E-state index contributed by atoms with van der Waals surface area (Å²) in [5.41, 5.74) is 7.66. The first-order valence-electron chi connectivity index (χ1n) is 5.80. The highest BCUT2D eigenvalue weighted by atomic mass is 32.2. The summed E-state index contributed by atoms with van der Waals surface area (Å²) in [6, 6.07) is 7.62. The van der Waals surface area contributed by atoms with E-state index in [2.05, 4.69) is 15.5 Å². The van der Waals surface area contributed by atoms with Crippen LogP contribution in [-0.2, 0) is 4.79 Å². The Balaban J connectivity index is 1.64. The van der Waals surface area contributed by atoms with Crippen LogP contribution in [0.3, 0.4) is 0 Å². The summed E-state index contributed by atoms with van der Waals surface area (Å²) in [6.07, 6.45) is 1.54. The van der Waals surface area contributed by atoms with E-state index >= 15 is 0 Å².